The van der Waals surface area contributed by atoms with Gasteiger partial charge in [-0.3, -0.25) is 4.90 Å². The van der Waals surface area contributed by atoms with Gasteiger partial charge in [-0.1, -0.05) is 6.07 Å². The topological polar surface area (TPSA) is 30.3 Å². The van der Waals surface area contributed by atoms with Crippen molar-refractivity contribution in [1.82, 2.24) is 9.80 Å². The van der Waals surface area contributed by atoms with E-state index >= 15 is 0 Å². The summed E-state index contributed by atoms with van der Waals surface area (Å²) in [6.45, 7) is 4.67. The van der Waals surface area contributed by atoms with E-state index < -0.39 is 0 Å². The largest absolute Gasteiger partial charge is 0.304 e. The molecular weight excluding hydrogens is 222 g/mol. The molecular formula is C15H19N3. The van der Waals surface area contributed by atoms with Crippen LogP contribution in [0.2, 0.25) is 0 Å². The van der Waals surface area contributed by atoms with E-state index in [1.807, 2.05) is 6.07 Å². The molecule has 18 heavy (non-hydrogen) atoms. The number of likely N-dealkylation sites (N-methyl/N-ethyl adjacent to an activating group) is 1. The molecule has 0 amide bonds. The number of hydrogen-bond acceptors (Lipinski definition) is 3. The average molecular weight is 241 g/mol. The molecule has 1 heterocycles. The lowest BCUT2D eigenvalue weighted by molar-refractivity contribution is 0.111. The highest BCUT2D eigenvalue weighted by Crippen LogP contribution is 2.36. The van der Waals surface area contributed by atoms with E-state index in [-0.39, 0.29) is 0 Å². The molecule has 2 aliphatic rings. The summed E-state index contributed by atoms with van der Waals surface area (Å²) in [5.41, 5.74) is 3.64. The van der Waals surface area contributed by atoms with Crippen LogP contribution in [0.1, 0.15) is 29.2 Å². The number of piperazine rings is 1. The predicted octanol–water partition coefficient (Wildman–Crippen LogP) is 1.79. The van der Waals surface area contributed by atoms with Gasteiger partial charge in [0.15, 0.2) is 0 Å². The van der Waals surface area contributed by atoms with Gasteiger partial charge in [-0.2, -0.15) is 5.26 Å². The first kappa shape index (κ1) is 11.7. The molecule has 1 aliphatic heterocycles. The van der Waals surface area contributed by atoms with Crippen LogP contribution in [0, 0.1) is 11.3 Å². The van der Waals surface area contributed by atoms with Crippen molar-refractivity contribution in [2.45, 2.75) is 18.9 Å². The van der Waals surface area contributed by atoms with Crippen LogP contribution in [-0.4, -0.2) is 43.0 Å². The SMILES string of the molecule is CN1CCN(C2CCc3cc(C#N)ccc32)CC1. The molecule has 0 bridgehead atoms. The van der Waals surface area contributed by atoms with E-state index in [9.17, 15) is 0 Å². The van der Waals surface area contributed by atoms with Crippen molar-refractivity contribution in [3.8, 4) is 6.07 Å². The highest BCUT2D eigenvalue weighted by molar-refractivity contribution is 5.42. The molecule has 1 atom stereocenters. The van der Waals surface area contributed by atoms with Crippen molar-refractivity contribution in [3.63, 3.8) is 0 Å². The number of nitrogens with zero attached hydrogens (tertiary/aromatic N) is 3. The molecule has 0 saturated carbocycles. The molecule has 3 heteroatoms. The summed E-state index contributed by atoms with van der Waals surface area (Å²) in [5.74, 6) is 0. The Morgan fingerprint density at radius 2 is 2.00 bits per heavy atom. The van der Waals surface area contributed by atoms with E-state index in [1.54, 1.807) is 0 Å². The molecule has 94 valence electrons. The summed E-state index contributed by atoms with van der Waals surface area (Å²) >= 11 is 0. The number of rotatable bonds is 1. The molecule has 0 N–H and O–H groups in total. The van der Waals surface area contributed by atoms with Crippen molar-refractivity contribution in [3.05, 3.63) is 34.9 Å². The Hall–Kier alpha value is -1.37. The number of hydrogen-bond donors (Lipinski definition) is 0. The molecule has 1 unspecified atom stereocenters. The smallest absolute Gasteiger partial charge is 0.0991 e. The van der Waals surface area contributed by atoms with Gasteiger partial charge >= 0.3 is 0 Å². The van der Waals surface area contributed by atoms with Crippen LogP contribution in [0.25, 0.3) is 0 Å². The lowest BCUT2D eigenvalue weighted by atomic mass is 10.0. The van der Waals surface area contributed by atoms with Gasteiger partial charge in [0.2, 0.25) is 0 Å². The summed E-state index contributed by atoms with van der Waals surface area (Å²) in [6, 6.07) is 9.03. The van der Waals surface area contributed by atoms with E-state index in [0.717, 1.165) is 12.0 Å². The fourth-order valence-electron chi connectivity index (χ4n) is 3.18. The van der Waals surface area contributed by atoms with Gasteiger partial charge in [0, 0.05) is 32.2 Å². The first-order chi connectivity index (χ1) is 8.78. The average Bonchev–Trinajstić information content (AvgIpc) is 2.82. The van der Waals surface area contributed by atoms with E-state index in [2.05, 4.69) is 35.0 Å². The van der Waals surface area contributed by atoms with Crippen molar-refractivity contribution >= 4 is 0 Å². The van der Waals surface area contributed by atoms with Crippen molar-refractivity contribution in [1.29, 1.82) is 5.26 Å². The van der Waals surface area contributed by atoms with Crippen LogP contribution < -0.4 is 0 Å². The van der Waals surface area contributed by atoms with Crippen LogP contribution in [0.4, 0.5) is 0 Å². The second-order valence-corrected chi connectivity index (χ2v) is 5.42. The Kier molecular flexibility index (Phi) is 3.07. The van der Waals surface area contributed by atoms with Crippen LogP contribution in [0.3, 0.4) is 0 Å². The van der Waals surface area contributed by atoms with E-state index in [1.165, 1.54) is 43.7 Å². The third-order valence-corrected chi connectivity index (χ3v) is 4.30. The molecule has 1 saturated heterocycles. The Morgan fingerprint density at radius 1 is 1.22 bits per heavy atom. The van der Waals surface area contributed by atoms with Gasteiger partial charge in [-0.15, -0.1) is 0 Å². The second-order valence-electron chi connectivity index (χ2n) is 5.42. The number of fused-ring (bicyclic) bond motifs is 1. The maximum Gasteiger partial charge on any atom is 0.0991 e. The minimum absolute atomic E-state index is 0.585. The van der Waals surface area contributed by atoms with Gasteiger partial charge in [-0.05, 0) is 43.1 Å². The number of nitriles is 1. The van der Waals surface area contributed by atoms with Gasteiger partial charge < -0.3 is 4.90 Å². The van der Waals surface area contributed by atoms with Crippen molar-refractivity contribution in [2.75, 3.05) is 33.2 Å². The molecule has 0 aromatic heterocycles. The maximum absolute atomic E-state index is 8.95. The van der Waals surface area contributed by atoms with Crippen LogP contribution in [-0.2, 0) is 6.42 Å². The molecule has 1 aromatic carbocycles. The minimum Gasteiger partial charge on any atom is -0.304 e. The highest BCUT2D eigenvalue weighted by atomic mass is 15.3. The van der Waals surface area contributed by atoms with Gasteiger partial charge in [-0.25, -0.2) is 0 Å². The van der Waals surface area contributed by atoms with E-state index in [0.29, 0.717) is 6.04 Å². The normalized spacial score (nSPS) is 24.8. The zero-order valence-electron chi connectivity index (χ0n) is 10.9. The Balaban J connectivity index is 1.80. The second kappa shape index (κ2) is 4.72. The first-order valence-electron chi connectivity index (χ1n) is 6.73. The van der Waals surface area contributed by atoms with Gasteiger partial charge in [0.25, 0.3) is 0 Å². The molecule has 1 fully saturated rings. The molecule has 3 rings (SSSR count). The zero-order valence-corrected chi connectivity index (χ0v) is 10.9. The quantitative estimate of drug-likeness (QED) is 0.751. The Labute approximate surface area is 109 Å². The molecule has 3 nitrogen and oxygen atoms in total. The summed E-state index contributed by atoms with van der Waals surface area (Å²) in [6.07, 6.45) is 2.34. The Bertz CT molecular complexity index is 481. The van der Waals surface area contributed by atoms with Crippen molar-refractivity contribution < 1.29 is 0 Å². The van der Waals surface area contributed by atoms with Gasteiger partial charge in [0.05, 0.1) is 11.6 Å². The third-order valence-electron chi connectivity index (χ3n) is 4.30. The fraction of sp³-hybridized carbons (Fsp3) is 0.533. The Morgan fingerprint density at radius 3 is 2.72 bits per heavy atom. The third kappa shape index (κ3) is 2.03. The molecule has 0 spiro atoms. The summed E-state index contributed by atoms with van der Waals surface area (Å²) in [5, 5.41) is 8.95. The van der Waals surface area contributed by atoms with Gasteiger partial charge in [0.1, 0.15) is 0 Å². The lowest BCUT2D eigenvalue weighted by Crippen LogP contribution is -2.45. The van der Waals surface area contributed by atoms with Crippen molar-refractivity contribution in [2.24, 2.45) is 0 Å². The maximum atomic E-state index is 8.95. The first-order valence-corrected chi connectivity index (χ1v) is 6.73. The molecule has 1 aliphatic carbocycles. The lowest BCUT2D eigenvalue weighted by Gasteiger charge is -2.36. The van der Waals surface area contributed by atoms with Crippen LogP contribution in [0.15, 0.2) is 18.2 Å². The minimum atomic E-state index is 0.585. The zero-order chi connectivity index (χ0) is 12.5. The molecule has 1 aromatic rings. The summed E-state index contributed by atoms with van der Waals surface area (Å²) in [7, 11) is 2.19. The standard InChI is InChI=1S/C15H19N3/c1-17-6-8-18(9-7-17)15-5-3-13-10-12(11-16)2-4-14(13)15/h2,4,10,15H,3,5-9H2,1H3. The highest BCUT2D eigenvalue weighted by Gasteiger charge is 2.29. The predicted molar refractivity (Wildman–Crippen MR) is 71.3 cm³/mol. The van der Waals surface area contributed by atoms with E-state index in [4.69, 9.17) is 5.26 Å². The fourth-order valence-corrected chi connectivity index (χ4v) is 3.18. The molecule has 0 radical (unpaired) electrons. The van der Waals surface area contributed by atoms with Crippen LogP contribution in [0.5, 0.6) is 0 Å². The monoisotopic (exact) mass is 241 g/mol. The summed E-state index contributed by atoms with van der Waals surface area (Å²) in [4.78, 5) is 5.00. The number of aryl methyl sites for hydroxylation is 1. The summed E-state index contributed by atoms with van der Waals surface area (Å²) < 4.78 is 0. The number of benzene rings is 1. The van der Waals surface area contributed by atoms with Crippen LogP contribution >= 0.6 is 0 Å².